The molecule has 0 aliphatic carbocycles. The van der Waals surface area contributed by atoms with E-state index in [1.54, 1.807) is 43.3 Å². The predicted molar refractivity (Wildman–Crippen MR) is 110 cm³/mol. The number of aromatic nitrogens is 1. The Morgan fingerprint density at radius 2 is 1.79 bits per heavy atom. The standard InChI is InChI=1S/C10H13NO4.C8H13N5O/c1-7(15-10(12)13-2)14-9-6-4-3-5-8(9)11;9-4-3-7(14)12-6-2-1-5(10)8(11)13-6/h3-7H,11H2,1-2H3;1-2H,3-4,9-10H2,(H3,11,12,13,14). The lowest BCUT2D eigenvalue weighted by molar-refractivity contribution is -0.116. The maximum Gasteiger partial charge on any atom is 0.511 e. The Morgan fingerprint density at radius 1 is 1.10 bits per heavy atom. The molecule has 1 aromatic heterocycles. The molecule has 0 radical (unpaired) electrons. The van der Waals surface area contributed by atoms with E-state index in [0.29, 0.717) is 29.5 Å². The average Bonchev–Trinajstić information content (AvgIpc) is 2.67. The molecule has 11 heteroatoms. The molecule has 0 saturated carbocycles. The summed E-state index contributed by atoms with van der Waals surface area (Å²) >= 11 is 0. The van der Waals surface area contributed by atoms with Crippen LogP contribution in [0.5, 0.6) is 5.75 Å². The molecule has 11 nitrogen and oxygen atoms in total. The number of ether oxygens (including phenoxy) is 3. The number of nitrogen functional groups attached to an aromatic ring is 3. The second-order valence-corrected chi connectivity index (χ2v) is 5.55. The van der Waals surface area contributed by atoms with Crippen LogP contribution >= 0.6 is 0 Å². The first kappa shape index (κ1) is 23.3. The van der Waals surface area contributed by atoms with E-state index in [9.17, 15) is 9.59 Å². The summed E-state index contributed by atoms with van der Waals surface area (Å²) in [6.45, 7) is 1.87. The van der Waals surface area contributed by atoms with Gasteiger partial charge in [-0.1, -0.05) is 12.1 Å². The number of nitrogens with zero attached hydrogens (tertiary/aromatic N) is 1. The topological polar surface area (TPSA) is 191 Å². The van der Waals surface area contributed by atoms with Crippen LogP contribution in [0, 0.1) is 0 Å². The van der Waals surface area contributed by atoms with Crippen molar-refractivity contribution in [1.29, 1.82) is 0 Å². The molecule has 0 spiro atoms. The first-order valence-electron chi connectivity index (χ1n) is 8.54. The molecule has 1 atom stereocenters. The van der Waals surface area contributed by atoms with E-state index >= 15 is 0 Å². The van der Waals surface area contributed by atoms with E-state index in [-0.39, 0.29) is 18.1 Å². The van der Waals surface area contributed by atoms with Crippen molar-refractivity contribution in [2.24, 2.45) is 5.73 Å². The fraction of sp³-hybridized carbons (Fsp3) is 0.278. The highest BCUT2D eigenvalue weighted by Gasteiger charge is 2.11. The van der Waals surface area contributed by atoms with Crippen molar-refractivity contribution in [1.82, 2.24) is 4.98 Å². The van der Waals surface area contributed by atoms with Gasteiger partial charge in [0.2, 0.25) is 12.2 Å². The summed E-state index contributed by atoms with van der Waals surface area (Å²) in [6, 6.07) is 10.1. The summed E-state index contributed by atoms with van der Waals surface area (Å²) in [5, 5.41) is 2.55. The lowest BCUT2D eigenvalue weighted by Gasteiger charge is -2.15. The minimum Gasteiger partial charge on any atom is -0.453 e. The smallest absolute Gasteiger partial charge is 0.453 e. The number of anilines is 4. The molecule has 0 aliphatic heterocycles. The molecule has 1 heterocycles. The third-order valence-electron chi connectivity index (χ3n) is 3.24. The number of rotatable bonds is 6. The SMILES string of the molecule is COC(=O)OC(C)Oc1ccccc1N.NCCC(=O)Nc1ccc(N)c(N)n1. The number of hydrogen-bond acceptors (Lipinski definition) is 10. The van der Waals surface area contributed by atoms with Crippen LogP contribution in [-0.4, -0.2) is 37.0 Å². The van der Waals surface area contributed by atoms with Gasteiger partial charge in [-0.05, 0) is 24.3 Å². The van der Waals surface area contributed by atoms with Crippen LogP contribution in [0.4, 0.5) is 27.8 Å². The number of benzene rings is 1. The fourth-order valence-electron chi connectivity index (χ4n) is 1.87. The van der Waals surface area contributed by atoms with E-state index in [0.717, 1.165) is 0 Å². The van der Waals surface area contributed by atoms with Crippen LogP contribution in [0.25, 0.3) is 0 Å². The van der Waals surface area contributed by atoms with E-state index in [1.165, 1.54) is 7.11 Å². The summed E-state index contributed by atoms with van der Waals surface area (Å²) in [5.41, 5.74) is 22.6. The summed E-state index contributed by atoms with van der Waals surface area (Å²) in [6.07, 6.45) is -1.29. The number of amides is 1. The van der Waals surface area contributed by atoms with Gasteiger partial charge in [0.15, 0.2) is 0 Å². The molecule has 9 N–H and O–H groups in total. The van der Waals surface area contributed by atoms with Gasteiger partial charge in [-0.25, -0.2) is 9.78 Å². The molecule has 0 fully saturated rings. The first-order valence-corrected chi connectivity index (χ1v) is 8.54. The summed E-state index contributed by atoms with van der Waals surface area (Å²) in [7, 11) is 1.23. The van der Waals surface area contributed by atoms with Gasteiger partial charge < -0.3 is 42.5 Å². The van der Waals surface area contributed by atoms with Gasteiger partial charge in [0, 0.05) is 19.9 Å². The van der Waals surface area contributed by atoms with Gasteiger partial charge in [0.05, 0.1) is 18.5 Å². The van der Waals surface area contributed by atoms with Crippen molar-refractivity contribution in [2.75, 3.05) is 36.2 Å². The Kier molecular flexibility index (Phi) is 9.54. The normalized spacial score (nSPS) is 10.7. The van der Waals surface area contributed by atoms with Crippen molar-refractivity contribution in [3.8, 4) is 5.75 Å². The lowest BCUT2D eigenvalue weighted by Crippen LogP contribution is -2.21. The molecule has 2 rings (SSSR count). The number of carbonyl (C=O) groups excluding carboxylic acids is 2. The zero-order valence-corrected chi connectivity index (χ0v) is 16.3. The van der Waals surface area contributed by atoms with Crippen LogP contribution in [0.3, 0.4) is 0 Å². The van der Waals surface area contributed by atoms with Crippen LogP contribution < -0.4 is 33.0 Å². The number of carbonyl (C=O) groups is 2. The number of nitrogens with one attached hydrogen (secondary N) is 1. The maximum absolute atomic E-state index is 11.1. The Labute approximate surface area is 168 Å². The van der Waals surface area contributed by atoms with E-state index in [2.05, 4.69) is 15.0 Å². The van der Waals surface area contributed by atoms with Crippen molar-refractivity contribution < 1.29 is 23.8 Å². The van der Waals surface area contributed by atoms with Gasteiger partial charge in [-0.15, -0.1) is 0 Å². The second-order valence-electron chi connectivity index (χ2n) is 5.55. The van der Waals surface area contributed by atoms with Crippen LogP contribution in [-0.2, 0) is 14.3 Å². The van der Waals surface area contributed by atoms with Gasteiger partial charge >= 0.3 is 6.16 Å². The number of nitrogens with two attached hydrogens (primary N) is 4. The lowest BCUT2D eigenvalue weighted by atomic mass is 10.3. The molecule has 0 bridgehead atoms. The van der Waals surface area contributed by atoms with Gasteiger partial charge in [0.1, 0.15) is 17.4 Å². The third-order valence-corrected chi connectivity index (χ3v) is 3.24. The first-order chi connectivity index (χ1) is 13.8. The Balaban J connectivity index is 0.000000291. The molecular formula is C18H26N6O5. The summed E-state index contributed by atoms with van der Waals surface area (Å²) in [5.74, 6) is 0.865. The number of para-hydroxylation sites is 2. The fourth-order valence-corrected chi connectivity index (χ4v) is 1.87. The maximum atomic E-state index is 11.1. The Hall–Kier alpha value is -3.73. The molecule has 1 amide bonds. The molecule has 29 heavy (non-hydrogen) atoms. The average molecular weight is 406 g/mol. The van der Waals surface area contributed by atoms with Gasteiger partial charge in [-0.2, -0.15) is 0 Å². The highest BCUT2D eigenvalue weighted by molar-refractivity contribution is 5.90. The molecule has 0 saturated heterocycles. The minimum atomic E-state index is -0.794. The van der Waals surface area contributed by atoms with Crippen molar-refractivity contribution >= 4 is 35.1 Å². The van der Waals surface area contributed by atoms with Gasteiger partial charge in [-0.3, -0.25) is 4.79 Å². The third kappa shape index (κ3) is 8.67. The Morgan fingerprint density at radius 3 is 2.38 bits per heavy atom. The molecule has 1 aromatic carbocycles. The number of methoxy groups -OCH3 is 1. The zero-order chi connectivity index (χ0) is 21.8. The predicted octanol–water partition coefficient (Wildman–Crippen LogP) is 1.31. The quantitative estimate of drug-likeness (QED) is 0.265. The van der Waals surface area contributed by atoms with Crippen LogP contribution in [0.15, 0.2) is 36.4 Å². The summed E-state index contributed by atoms with van der Waals surface area (Å²) < 4.78 is 14.3. The molecule has 0 aliphatic rings. The van der Waals surface area contributed by atoms with E-state index in [4.69, 9.17) is 32.4 Å². The molecule has 1 unspecified atom stereocenters. The van der Waals surface area contributed by atoms with Gasteiger partial charge in [0.25, 0.3) is 0 Å². The highest BCUT2D eigenvalue weighted by Crippen LogP contribution is 2.21. The number of pyridine rings is 1. The monoisotopic (exact) mass is 406 g/mol. The molecular weight excluding hydrogens is 380 g/mol. The molecule has 2 aromatic rings. The van der Waals surface area contributed by atoms with Crippen LogP contribution in [0.1, 0.15) is 13.3 Å². The molecule has 158 valence electrons. The largest absolute Gasteiger partial charge is 0.511 e. The second kappa shape index (κ2) is 11.9. The highest BCUT2D eigenvalue weighted by atomic mass is 16.8. The van der Waals surface area contributed by atoms with Crippen molar-refractivity contribution in [3.63, 3.8) is 0 Å². The van der Waals surface area contributed by atoms with Crippen molar-refractivity contribution in [3.05, 3.63) is 36.4 Å². The van der Waals surface area contributed by atoms with E-state index < -0.39 is 12.4 Å². The zero-order valence-electron chi connectivity index (χ0n) is 16.3. The number of hydrogen-bond donors (Lipinski definition) is 5. The van der Waals surface area contributed by atoms with E-state index in [1.807, 2.05) is 0 Å². The summed E-state index contributed by atoms with van der Waals surface area (Å²) in [4.78, 5) is 25.7. The van der Waals surface area contributed by atoms with Crippen molar-refractivity contribution in [2.45, 2.75) is 19.6 Å². The Bertz CT molecular complexity index is 817. The van der Waals surface area contributed by atoms with Crippen LogP contribution in [0.2, 0.25) is 0 Å². The minimum absolute atomic E-state index is 0.191.